The first kappa shape index (κ1) is 21.3. The van der Waals surface area contributed by atoms with E-state index in [0.717, 1.165) is 22.3 Å². The third-order valence-corrected chi connectivity index (χ3v) is 6.92. The van der Waals surface area contributed by atoms with Gasteiger partial charge in [0.2, 0.25) is 5.91 Å². The highest BCUT2D eigenvalue weighted by molar-refractivity contribution is 6.10. The fourth-order valence-corrected chi connectivity index (χ4v) is 5.28. The van der Waals surface area contributed by atoms with Crippen LogP contribution in [0.25, 0.3) is 11.3 Å². The van der Waals surface area contributed by atoms with Crippen LogP contribution in [0.3, 0.4) is 0 Å². The van der Waals surface area contributed by atoms with Crippen LogP contribution in [0.2, 0.25) is 0 Å². The van der Waals surface area contributed by atoms with E-state index in [9.17, 15) is 18.8 Å². The molecule has 0 radical (unpaired) electrons. The summed E-state index contributed by atoms with van der Waals surface area (Å²) in [4.78, 5) is 44.0. The molecule has 2 heterocycles. The zero-order chi connectivity index (χ0) is 22.3. The standard InChI is InChI=1S/C25H27FN2O3/c1-15-10-18(20-5-4-19(26)14-27-20)11-16(2)23(15)24-21(30)12-25(13-22(24)31)6-8-28(9-7-25)17(3)29/h4-5,10-11,14,24H,6-9,12-13H2,1-3H3. The zero-order valence-corrected chi connectivity index (χ0v) is 18.2. The van der Waals surface area contributed by atoms with Crippen LogP contribution >= 0.6 is 0 Å². The molecule has 31 heavy (non-hydrogen) atoms. The molecular formula is C25H27FN2O3. The van der Waals surface area contributed by atoms with E-state index in [1.807, 2.05) is 26.0 Å². The lowest BCUT2D eigenvalue weighted by Crippen LogP contribution is -2.48. The number of carbonyl (C=O) groups is 3. The molecule has 1 saturated heterocycles. The van der Waals surface area contributed by atoms with Gasteiger partial charge in [0.15, 0.2) is 0 Å². The molecule has 1 aliphatic carbocycles. The number of likely N-dealkylation sites (tertiary alicyclic amines) is 1. The first-order valence-corrected chi connectivity index (χ1v) is 10.7. The van der Waals surface area contributed by atoms with Crippen LogP contribution in [0.1, 0.15) is 55.2 Å². The van der Waals surface area contributed by atoms with E-state index in [0.29, 0.717) is 44.5 Å². The summed E-state index contributed by atoms with van der Waals surface area (Å²) in [5, 5.41) is 0. The minimum absolute atomic E-state index is 0.0219. The molecule has 2 fully saturated rings. The number of nitrogens with zero attached hydrogens (tertiary/aromatic N) is 2. The molecule has 0 unspecified atom stereocenters. The number of Topliss-reactive ketones (excluding diaryl/α,β-unsaturated/α-hetero) is 2. The number of benzene rings is 1. The van der Waals surface area contributed by atoms with Gasteiger partial charge in [-0.3, -0.25) is 19.4 Å². The van der Waals surface area contributed by atoms with Crippen LogP contribution in [-0.2, 0) is 14.4 Å². The Bertz CT molecular complexity index is 1010. The van der Waals surface area contributed by atoms with E-state index in [-0.39, 0.29) is 22.9 Å². The number of rotatable bonds is 2. The van der Waals surface area contributed by atoms with Gasteiger partial charge in [-0.1, -0.05) is 0 Å². The molecule has 4 rings (SSSR count). The predicted molar refractivity (Wildman–Crippen MR) is 115 cm³/mol. The van der Waals surface area contributed by atoms with Crippen LogP contribution in [-0.4, -0.2) is 40.4 Å². The molecule has 0 bridgehead atoms. The van der Waals surface area contributed by atoms with Gasteiger partial charge in [0.05, 0.1) is 11.9 Å². The van der Waals surface area contributed by atoms with Crippen molar-refractivity contribution < 1.29 is 18.8 Å². The molecule has 5 nitrogen and oxygen atoms in total. The summed E-state index contributed by atoms with van der Waals surface area (Å²) in [7, 11) is 0. The van der Waals surface area contributed by atoms with Crippen LogP contribution in [0, 0.1) is 25.1 Å². The Kier molecular flexibility index (Phi) is 5.50. The molecule has 1 spiro atoms. The molecule has 162 valence electrons. The summed E-state index contributed by atoms with van der Waals surface area (Å²) in [6, 6.07) is 6.82. The van der Waals surface area contributed by atoms with E-state index in [1.54, 1.807) is 17.9 Å². The molecule has 2 aromatic rings. The first-order chi connectivity index (χ1) is 14.7. The fraction of sp³-hybridized carbons (Fsp3) is 0.440. The largest absolute Gasteiger partial charge is 0.343 e. The number of pyridine rings is 1. The quantitative estimate of drug-likeness (QED) is 0.682. The van der Waals surface area contributed by atoms with Gasteiger partial charge in [-0.2, -0.15) is 0 Å². The Hall–Kier alpha value is -2.89. The third kappa shape index (κ3) is 4.03. The summed E-state index contributed by atoms with van der Waals surface area (Å²) in [6.45, 7) is 6.59. The Balaban J connectivity index is 1.59. The van der Waals surface area contributed by atoms with Crippen molar-refractivity contribution in [3.8, 4) is 11.3 Å². The van der Waals surface area contributed by atoms with Gasteiger partial charge < -0.3 is 4.90 Å². The topological polar surface area (TPSA) is 67.3 Å². The molecule has 0 atom stereocenters. The number of carbonyl (C=O) groups excluding carboxylic acids is 3. The second-order valence-electron chi connectivity index (χ2n) is 9.11. The second-order valence-corrected chi connectivity index (χ2v) is 9.11. The van der Waals surface area contributed by atoms with Crippen LogP contribution in [0.4, 0.5) is 4.39 Å². The van der Waals surface area contributed by atoms with Gasteiger partial charge in [-0.25, -0.2) is 4.39 Å². The number of hydrogen-bond acceptors (Lipinski definition) is 4. The summed E-state index contributed by atoms with van der Waals surface area (Å²) in [5.41, 5.74) is 3.71. The van der Waals surface area contributed by atoms with Crippen molar-refractivity contribution in [2.24, 2.45) is 5.41 Å². The number of amides is 1. The average Bonchev–Trinajstić information content (AvgIpc) is 2.70. The number of aryl methyl sites for hydroxylation is 2. The lowest BCUT2D eigenvalue weighted by atomic mass is 9.62. The molecule has 1 aromatic carbocycles. The molecule has 0 N–H and O–H groups in total. The molecule has 1 saturated carbocycles. The predicted octanol–water partition coefficient (Wildman–Crippen LogP) is 4.15. The summed E-state index contributed by atoms with van der Waals surface area (Å²) in [6.07, 6.45) is 3.34. The van der Waals surface area contributed by atoms with Crippen molar-refractivity contribution in [2.45, 2.75) is 52.4 Å². The number of halogens is 1. The average molecular weight is 423 g/mol. The van der Waals surface area contributed by atoms with E-state index in [2.05, 4.69) is 4.98 Å². The molecule has 1 amide bonds. The van der Waals surface area contributed by atoms with Gasteiger partial charge in [0.1, 0.15) is 23.3 Å². The third-order valence-electron chi connectivity index (χ3n) is 6.92. The zero-order valence-electron chi connectivity index (χ0n) is 18.2. The Morgan fingerprint density at radius 1 is 1.06 bits per heavy atom. The smallest absolute Gasteiger partial charge is 0.219 e. The summed E-state index contributed by atoms with van der Waals surface area (Å²) in [5.74, 6) is -1.12. The SMILES string of the molecule is CC(=O)N1CCC2(CC1)CC(=O)C(c1c(C)cc(-c3ccc(F)cn3)cc1C)C(=O)C2. The maximum Gasteiger partial charge on any atom is 0.219 e. The van der Waals surface area contributed by atoms with Gasteiger partial charge in [-0.05, 0) is 73.1 Å². The summed E-state index contributed by atoms with van der Waals surface area (Å²) >= 11 is 0. The van der Waals surface area contributed by atoms with Crippen molar-refractivity contribution in [1.29, 1.82) is 0 Å². The van der Waals surface area contributed by atoms with Crippen LogP contribution in [0.15, 0.2) is 30.5 Å². The van der Waals surface area contributed by atoms with E-state index < -0.39 is 11.7 Å². The number of piperidine rings is 1. The van der Waals surface area contributed by atoms with Crippen molar-refractivity contribution in [1.82, 2.24) is 9.88 Å². The normalized spacial score (nSPS) is 19.2. The van der Waals surface area contributed by atoms with Gasteiger partial charge in [-0.15, -0.1) is 0 Å². The molecular weight excluding hydrogens is 395 g/mol. The maximum absolute atomic E-state index is 13.2. The van der Waals surface area contributed by atoms with Crippen molar-refractivity contribution in [2.75, 3.05) is 13.1 Å². The lowest BCUT2D eigenvalue weighted by Gasteiger charge is -2.44. The molecule has 6 heteroatoms. The van der Waals surface area contributed by atoms with E-state index in [1.165, 1.54) is 12.3 Å². The number of ketones is 2. The van der Waals surface area contributed by atoms with Gasteiger partial charge in [0, 0.05) is 38.4 Å². The minimum Gasteiger partial charge on any atom is -0.343 e. The Morgan fingerprint density at radius 2 is 1.65 bits per heavy atom. The number of aromatic nitrogens is 1. The lowest BCUT2D eigenvalue weighted by molar-refractivity contribution is -0.139. The maximum atomic E-state index is 13.2. The monoisotopic (exact) mass is 422 g/mol. The van der Waals surface area contributed by atoms with Crippen molar-refractivity contribution in [3.63, 3.8) is 0 Å². The Morgan fingerprint density at radius 3 is 2.13 bits per heavy atom. The van der Waals surface area contributed by atoms with E-state index in [4.69, 9.17) is 0 Å². The number of hydrogen-bond donors (Lipinski definition) is 0. The fourth-order valence-electron chi connectivity index (χ4n) is 5.28. The van der Waals surface area contributed by atoms with E-state index >= 15 is 0 Å². The molecule has 2 aliphatic rings. The summed E-state index contributed by atoms with van der Waals surface area (Å²) < 4.78 is 13.2. The second kappa shape index (κ2) is 7.98. The highest BCUT2D eigenvalue weighted by atomic mass is 19.1. The van der Waals surface area contributed by atoms with Crippen LogP contribution < -0.4 is 0 Å². The van der Waals surface area contributed by atoms with Crippen molar-refractivity contribution >= 4 is 17.5 Å². The molecule has 1 aromatic heterocycles. The van der Waals surface area contributed by atoms with Crippen LogP contribution in [0.5, 0.6) is 0 Å². The van der Waals surface area contributed by atoms with Crippen molar-refractivity contribution in [3.05, 3.63) is 53.0 Å². The first-order valence-electron chi connectivity index (χ1n) is 10.7. The van der Waals surface area contributed by atoms with Gasteiger partial charge >= 0.3 is 0 Å². The van der Waals surface area contributed by atoms with Gasteiger partial charge in [0.25, 0.3) is 0 Å². The minimum atomic E-state index is -0.730. The highest BCUT2D eigenvalue weighted by Gasteiger charge is 2.47. The highest BCUT2D eigenvalue weighted by Crippen LogP contribution is 2.46. The molecule has 1 aliphatic heterocycles. The Labute approximate surface area is 181 Å².